The Bertz CT molecular complexity index is 747. The van der Waals surface area contributed by atoms with Crippen molar-refractivity contribution >= 4 is 0 Å². The average molecular weight is 349 g/mol. The molecule has 0 aliphatic carbocycles. The summed E-state index contributed by atoms with van der Waals surface area (Å²) in [5, 5.41) is 12.4. The quantitative estimate of drug-likeness (QED) is 0.834. The monoisotopic (exact) mass is 349 g/mol. The van der Waals surface area contributed by atoms with E-state index in [4.69, 9.17) is 10.8 Å². The SMILES string of the molecule is CC(C)(N)Cn1nc(C(F)(F)F)cc1-c1cc(F)c(CO)cc1F. The van der Waals surface area contributed by atoms with Gasteiger partial charge in [-0.25, -0.2) is 8.78 Å². The predicted molar refractivity (Wildman–Crippen MR) is 76.8 cm³/mol. The topological polar surface area (TPSA) is 64.1 Å². The highest BCUT2D eigenvalue weighted by Crippen LogP contribution is 2.33. The number of nitrogens with zero attached hydrogens (tertiary/aromatic N) is 2. The van der Waals surface area contributed by atoms with Crippen LogP contribution in [0.2, 0.25) is 0 Å². The number of aliphatic hydroxyl groups is 1. The number of rotatable bonds is 4. The van der Waals surface area contributed by atoms with Crippen molar-refractivity contribution in [2.24, 2.45) is 5.73 Å². The Kier molecular flexibility index (Phi) is 4.69. The van der Waals surface area contributed by atoms with Crippen LogP contribution in [0, 0.1) is 11.6 Å². The van der Waals surface area contributed by atoms with Gasteiger partial charge in [0.05, 0.1) is 18.8 Å². The van der Waals surface area contributed by atoms with Gasteiger partial charge in [-0.05, 0) is 32.0 Å². The zero-order valence-corrected chi connectivity index (χ0v) is 13.0. The molecule has 9 heteroatoms. The molecular weight excluding hydrogens is 333 g/mol. The molecule has 1 aromatic carbocycles. The Morgan fingerprint density at radius 2 is 1.75 bits per heavy atom. The van der Waals surface area contributed by atoms with Crippen molar-refractivity contribution in [2.45, 2.75) is 38.7 Å². The highest BCUT2D eigenvalue weighted by atomic mass is 19.4. The second-order valence-electron chi connectivity index (χ2n) is 6.14. The lowest BCUT2D eigenvalue weighted by Gasteiger charge is -2.20. The zero-order chi connectivity index (χ0) is 18.3. The van der Waals surface area contributed by atoms with Crippen molar-refractivity contribution in [2.75, 3.05) is 0 Å². The Hall–Kier alpha value is -2.00. The maximum absolute atomic E-state index is 14.2. The lowest BCUT2D eigenvalue weighted by atomic mass is 10.1. The molecule has 3 N–H and O–H groups in total. The Labute approximate surface area is 134 Å². The average Bonchev–Trinajstić information content (AvgIpc) is 2.82. The van der Waals surface area contributed by atoms with Gasteiger partial charge >= 0.3 is 6.18 Å². The fraction of sp³-hybridized carbons (Fsp3) is 0.400. The Morgan fingerprint density at radius 1 is 1.12 bits per heavy atom. The molecule has 0 aliphatic heterocycles. The van der Waals surface area contributed by atoms with Crippen LogP contribution in [0.15, 0.2) is 18.2 Å². The molecule has 1 heterocycles. The molecule has 0 saturated heterocycles. The van der Waals surface area contributed by atoms with Crippen molar-refractivity contribution in [1.82, 2.24) is 9.78 Å². The first-order valence-electron chi connectivity index (χ1n) is 6.95. The number of alkyl halides is 3. The van der Waals surface area contributed by atoms with E-state index in [-0.39, 0.29) is 17.8 Å². The number of hydrogen-bond acceptors (Lipinski definition) is 3. The minimum absolute atomic E-state index is 0.138. The van der Waals surface area contributed by atoms with Crippen molar-refractivity contribution in [1.29, 1.82) is 0 Å². The number of halogens is 5. The zero-order valence-electron chi connectivity index (χ0n) is 13.0. The first-order chi connectivity index (χ1) is 10.9. The lowest BCUT2D eigenvalue weighted by Crippen LogP contribution is -2.37. The van der Waals surface area contributed by atoms with Gasteiger partial charge in [-0.3, -0.25) is 4.68 Å². The first kappa shape index (κ1) is 18.3. The molecule has 0 aliphatic rings. The summed E-state index contributed by atoms with van der Waals surface area (Å²) >= 11 is 0. The van der Waals surface area contributed by atoms with Gasteiger partial charge in [-0.1, -0.05) is 0 Å². The van der Waals surface area contributed by atoms with Crippen LogP contribution in [0.3, 0.4) is 0 Å². The van der Waals surface area contributed by atoms with Crippen molar-refractivity contribution < 1.29 is 27.1 Å². The fourth-order valence-corrected chi connectivity index (χ4v) is 2.18. The molecule has 0 amide bonds. The molecule has 24 heavy (non-hydrogen) atoms. The molecule has 0 radical (unpaired) electrons. The van der Waals surface area contributed by atoms with Gasteiger partial charge in [0.25, 0.3) is 0 Å². The minimum atomic E-state index is -4.74. The maximum atomic E-state index is 14.2. The Balaban J connectivity index is 2.64. The van der Waals surface area contributed by atoms with Crippen LogP contribution in [0.1, 0.15) is 25.1 Å². The van der Waals surface area contributed by atoms with E-state index in [2.05, 4.69) is 5.10 Å². The molecule has 0 saturated carbocycles. The summed E-state index contributed by atoms with van der Waals surface area (Å²) in [5.74, 6) is -1.90. The van der Waals surface area contributed by atoms with Crippen LogP contribution < -0.4 is 5.73 Å². The largest absolute Gasteiger partial charge is 0.435 e. The van der Waals surface area contributed by atoms with Gasteiger partial charge in [0.15, 0.2) is 5.69 Å². The molecular formula is C15H16F5N3O. The van der Waals surface area contributed by atoms with Gasteiger partial charge in [-0.2, -0.15) is 18.3 Å². The summed E-state index contributed by atoms with van der Waals surface area (Å²) in [7, 11) is 0. The molecule has 0 fully saturated rings. The highest BCUT2D eigenvalue weighted by Gasteiger charge is 2.36. The van der Waals surface area contributed by atoms with Crippen molar-refractivity contribution in [3.05, 3.63) is 41.1 Å². The molecule has 0 atom stereocenters. The molecule has 2 aromatic rings. The van der Waals surface area contributed by atoms with Crippen LogP contribution in [-0.2, 0) is 19.3 Å². The molecule has 0 bridgehead atoms. The number of benzene rings is 1. The molecule has 132 valence electrons. The van der Waals surface area contributed by atoms with Crippen molar-refractivity contribution in [3.8, 4) is 11.3 Å². The second kappa shape index (κ2) is 6.14. The molecule has 4 nitrogen and oxygen atoms in total. The van der Waals surface area contributed by atoms with E-state index in [1.54, 1.807) is 13.8 Å². The van der Waals surface area contributed by atoms with Gasteiger partial charge in [0.2, 0.25) is 0 Å². The molecule has 1 aromatic heterocycles. The molecule has 2 rings (SSSR count). The van der Waals surface area contributed by atoms with Crippen LogP contribution in [0.4, 0.5) is 22.0 Å². The summed E-state index contributed by atoms with van der Waals surface area (Å²) in [5.41, 5.74) is 2.71. The van der Waals surface area contributed by atoms with Crippen LogP contribution in [0.25, 0.3) is 11.3 Å². The van der Waals surface area contributed by atoms with E-state index >= 15 is 0 Å². The fourth-order valence-electron chi connectivity index (χ4n) is 2.18. The summed E-state index contributed by atoms with van der Waals surface area (Å²) in [6.45, 7) is 2.27. The standard InChI is InChI=1S/C15H16F5N3O/c1-14(2,21)7-23-12(5-13(22-23)15(18,19)20)9-4-10(16)8(6-24)3-11(9)17/h3-5,24H,6-7,21H2,1-2H3. The summed E-state index contributed by atoms with van der Waals surface area (Å²) < 4.78 is 67.7. The minimum Gasteiger partial charge on any atom is -0.392 e. The number of hydrogen-bond donors (Lipinski definition) is 2. The van der Waals surface area contributed by atoms with E-state index < -0.39 is 41.2 Å². The molecule has 0 unspecified atom stereocenters. The summed E-state index contributed by atoms with van der Waals surface area (Å²) in [6, 6.07) is 2.11. The van der Waals surface area contributed by atoms with E-state index in [0.29, 0.717) is 6.07 Å². The summed E-state index contributed by atoms with van der Waals surface area (Å²) in [4.78, 5) is 0. The highest BCUT2D eigenvalue weighted by molar-refractivity contribution is 5.62. The smallest absolute Gasteiger partial charge is 0.392 e. The third-order valence-corrected chi connectivity index (χ3v) is 3.21. The van der Waals surface area contributed by atoms with Gasteiger partial charge < -0.3 is 10.8 Å². The number of aromatic nitrogens is 2. The van der Waals surface area contributed by atoms with Gasteiger partial charge in [0.1, 0.15) is 11.6 Å². The third kappa shape index (κ3) is 3.90. The third-order valence-electron chi connectivity index (χ3n) is 3.21. The van der Waals surface area contributed by atoms with Crippen LogP contribution in [-0.4, -0.2) is 20.4 Å². The number of aliphatic hydroxyl groups excluding tert-OH is 1. The van der Waals surface area contributed by atoms with E-state index in [1.165, 1.54) is 0 Å². The van der Waals surface area contributed by atoms with E-state index in [1.807, 2.05) is 0 Å². The summed E-state index contributed by atoms with van der Waals surface area (Å²) in [6.07, 6.45) is -4.74. The van der Waals surface area contributed by atoms with Crippen LogP contribution in [0.5, 0.6) is 0 Å². The van der Waals surface area contributed by atoms with Gasteiger partial charge in [0, 0.05) is 16.7 Å². The normalized spacial score (nSPS) is 12.7. The van der Waals surface area contributed by atoms with Crippen molar-refractivity contribution in [3.63, 3.8) is 0 Å². The van der Waals surface area contributed by atoms with Gasteiger partial charge in [-0.15, -0.1) is 0 Å². The first-order valence-corrected chi connectivity index (χ1v) is 6.95. The van der Waals surface area contributed by atoms with Crippen LogP contribution >= 0.6 is 0 Å². The van der Waals surface area contributed by atoms with E-state index in [9.17, 15) is 22.0 Å². The predicted octanol–water partition coefficient (Wildman–Crippen LogP) is 3.08. The maximum Gasteiger partial charge on any atom is 0.435 e. The Morgan fingerprint density at radius 3 is 2.25 bits per heavy atom. The number of nitrogens with two attached hydrogens (primary N) is 1. The second-order valence-corrected chi connectivity index (χ2v) is 6.14. The lowest BCUT2D eigenvalue weighted by molar-refractivity contribution is -0.141. The van der Waals surface area contributed by atoms with E-state index in [0.717, 1.165) is 16.8 Å². The molecule has 0 spiro atoms.